The number of amides is 1. The Kier molecular flexibility index (Phi) is 4.16. The summed E-state index contributed by atoms with van der Waals surface area (Å²) in [6, 6.07) is 5.01. The van der Waals surface area contributed by atoms with Gasteiger partial charge in [0.1, 0.15) is 0 Å². The van der Waals surface area contributed by atoms with Crippen LogP contribution in [0.2, 0.25) is 0 Å². The van der Waals surface area contributed by atoms with Crippen LogP contribution in [0, 0.1) is 12.8 Å². The third-order valence-electron chi connectivity index (χ3n) is 3.33. The minimum absolute atomic E-state index is 0.0864. The normalized spacial score (nSPS) is 18.9. The molecular weight excluding hydrogens is 244 g/mol. The monoisotopic (exact) mass is 262 g/mol. The van der Waals surface area contributed by atoms with Crippen molar-refractivity contribution in [1.29, 1.82) is 0 Å². The van der Waals surface area contributed by atoms with Gasteiger partial charge in [-0.25, -0.2) is 4.79 Å². The van der Waals surface area contributed by atoms with Gasteiger partial charge in [0, 0.05) is 6.54 Å². The van der Waals surface area contributed by atoms with E-state index in [2.05, 4.69) is 10.6 Å². The predicted octanol–water partition coefficient (Wildman–Crippen LogP) is 1.63. The SMILES string of the molecule is Cc1ccc(NC(=O)[C@@H]2CCCNC2)c(C(=O)O)c1. The molecule has 2 rings (SSSR count). The fraction of sp³-hybridized carbons (Fsp3) is 0.429. The Hall–Kier alpha value is -1.88. The lowest BCUT2D eigenvalue weighted by Gasteiger charge is -2.22. The van der Waals surface area contributed by atoms with Crippen LogP contribution < -0.4 is 10.6 Å². The molecule has 3 N–H and O–H groups in total. The van der Waals surface area contributed by atoms with E-state index in [9.17, 15) is 9.59 Å². The first kappa shape index (κ1) is 13.5. The second-order valence-corrected chi connectivity index (χ2v) is 4.89. The molecule has 0 saturated carbocycles. The first-order chi connectivity index (χ1) is 9.08. The molecule has 0 aromatic heterocycles. The maximum absolute atomic E-state index is 12.1. The maximum Gasteiger partial charge on any atom is 0.337 e. The van der Waals surface area contributed by atoms with Gasteiger partial charge in [0.2, 0.25) is 5.91 Å². The van der Waals surface area contributed by atoms with Crippen LogP contribution in [-0.2, 0) is 4.79 Å². The second-order valence-electron chi connectivity index (χ2n) is 4.89. The molecule has 5 nitrogen and oxygen atoms in total. The van der Waals surface area contributed by atoms with Crippen LogP contribution in [0.5, 0.6) is 0 Å². The zero-order valence-electron chi connectivity index (χ0n) is 10.9. The smallest absolute Gasteiger partial charge is 0.337 e. The quantitative estimate of drug-likeness (QED) is 0.773. The number of benzene rings is 1. The van der Waals surface area contributed by atoms with Crippen molar-refractivity contribution in [3.05, 3.63) is 29.3 Å². The van der Waals surface area contributed by atoms with Crippen LogP contribution in [0.25, 0.3) is 0 Å². The van der Waals surface area contributed by atoms with Gasteiger partial charge in [-0.05, 0) is 38.4 Å². The van der Waals surface area contributed by atoms with Crippen molar-refractivity contribution in [2.75, 3.05) is 18.4 Å². The molecule has 0 aliphatic carbocycles. The van der Waals surface area contributed by atoms with E-state index in [1.807, 2.05) is 6.92 Å². The Morgan fingerprint density at radius 1 is 1.42 bits per heavy atom. The number of nitrogens with one attached hydrogen (secondary N) is 2. The standard InChI is InChI=1S/C14H18N2O3/c1-9-4-5-12(11(7-9)14(18)19)16-13(17)10-3-2-6-15-8-10/h4-5,7,10,15H,2-3,6,8H2,1H3,(H,16,17)(H,18,19)/t10-/m1/s1. The molecule has 1 aliphatic rings. The Labute approximate surface area is 112 Å². The molecule has 1 aliphatic heterocycles. The number of carboxylic acid groups (broad SMARTS) is 1. The molecular formula is C14H18N2O3. The highest BCUT2D eigenvalue weighted by molar-refractivity contribution is 6.01. The Bertz CT molecular complexity index is 493. The van der Waals surface area contributed by atoms with Crippen LogP contribution in [0.4, 0.5) is 5.69 Å². The molecule has 102 valence electrons. The molecule has 1 amide bonds. The number of hydrogen-bond donors (Lipinski definition) is 3. The van der Waals surface area contributed by atoms with Gasteiger partial charge in [0.05, 0.1) is 17.2 Å². The molecule has 1 saturated heterocycles. The summed E-state index contributed by atoms with van der Waals surface area (Å²) in [5.74, 6) is -1.23. The molecule has 19 heavy (non-hydrogen) atoms. The molecule has 1 heterocycles. The third kappa shape index (κ3) is 3.32. The van der Waals surface area contributed by atoms with Gasteiger partial charge in [0.15, 0.2) is 0 Å². The number of carboxylic acids is 1. The number of piperidine rings is 1. The van der Waals surface area contributed by atoms with E-state index < -0.39 is 5.97 Å². The zero-order valence-corrected chi connectivity index (χ0v) is 10.9. The second kappa shape index (κ2) is 5.84. The minimum Gasteiger partial charge on any atom is -0.478 e. The Balaban J connectivity index is 2.13. The lowest BCUT2D eigenvalue weighted by molar-refractivity contribution is -0.120. The average molecular weight is 262 g/mol. The molecule has 0 unspecified atom stereocenters. The number of hydrogen-bond acceptors (Lipinski definition) is 3. The Morgan fingerprint density at radius 3 is 2.84 bits per heavy atom. The molecule has 0 radical (unpaired) electrons. The summed E-state index contributed by atoms with van der Waals surface area (Å²) in [5.41, 5.74) is 1.36. The van der Waals surface area contributed by atoms with E-state index in [0.717, 1.165) is 24.9 Å². The average Bonchev–Trinajstić information content (AvgIpc) is 2.41. The molecule has 1 aromatic carbocycles. The molecule has 0 spiro atoms. The van der Waals surface area contributed by atoms with E-state index in [-0.39, 0.29) is 17.4 Å². The maximum atomic E-state index is 12.1. The molecule has 1 aromatic rings. The molecule has 5 heteroatoms. The van der Waals surface area contributed by atoms with Crippen molar-refractivity contribution in [2.45, 2.75) is 19.8 Å². The van der Waals surface area contributed by atoms with Crippen LogP contribution in [0.15, 0.2) is 18.2 Å². The fourth-order valence-corrected chi connectivity index (χ4v) is 2.25. The highest BCUT2D eigenvalue weighted by atomic mass is 16.4. The summed E-state index contributed by atoms with van der Waals surface area (Å²) in [6.45, 7) is 3.41. The predicted molar refractivity (Wildman–Crippen MR) is 72.4 cm³/mol. The summed E-state index contributed by atoms with van der Waals surface area (Å²) in [6.07, 6.45) is 1.81. The third-order valence-corrected chi connectivity index (χ3v) is 3.33. The van der Waals surface area contributed by atoms with E-state index in [1.165, 1.54) is 0 Å². The van der Waals surface area contributed by atoms with Gasteiger partial charge >= 0.3 is 5.97 Å². The number of aryl methyl sites for hydroxylation is 1. The highest BCUT2D eigenvalue weighted by Crippen LogP contribution is 2.20. The summed E-state index contributed by atoms with van der Waals surface area (Å²) in [7, 11) is 0. The van der Waals surface area contributed by atoms with Crippen molar-refractivity contribution in [1.82, 2.24) is 5.32 Å². The lowest BCUT2D eigenvalue weighted by atomic mass is 9.98. The van der Waals surface area contributed by atoms with Crippen molar-refractivity contribution in [3.63, 3.8) is 0 Å². The van der Waals surface area contributed by atoms with Crippen molar-refractivity contribution in [3.8, 4) is 0 Å². The number of aromatic carboxylic acids is 1. The van der Waals surface area contributed by atoms with E-state index in [1.54, 1.807) is 18.2 Å². The van der Waals surface area contributed by atoms with Crippen molar-refractivity contribution < 1.29 is 14.7 Å². The van der Waals surface area contributed by atoms with Gasteiger partial charge in [0.25, 0.3) is 0 Å². The summed E-state index contributed by atoms with van der Waals surface area (Å²) in [4.78, 5) is 23.3. The minimum atomic E-state index is -1.03. The van der Waals surface area contributed by atoms with Gasteiger partial charge in [-0.3, -0.25) is 4.79 Å². The van der Waals surface area contributed by atoms with Gasteiger partial charge in [-0.2, -0.15) is 0 Å². The largest absolute Gasteiger partial charge is 0.478 e. The van der Waals surface area contributed by atoms with E-state index >= 15 is 0 Å². The van der Waals surface area contributed by atoms with Gasteiger partial charge < -0.3 is 15.7 Å². The summed E-state index contributed by atoms with van der Waals surface area (Å²) in [5, 5.41) is 15.0. The van der Waals surface area contributed by atoms with Crippen molar-refractivity contribution >= 4 is 17.6 Å². The molecule has 0 bridgehead atoms. The first-order valence-corrected chi connectivity index (χ1v) is 6.43. The van der Waals surface area contributed by atoms with Gasteiger partial charge in [-0.1, -0.05) is 11.6 Å². The highest BCUT2D eigenvalue weighted by Gasteiger charge is 2.22. The summed E-state index contributed by atoms with van der Waals surface area (Å²) >= 11 is 0. The first-order valence-electron chi connectivity index (χ1n) is 6.43. The zero-order chi connectivity index (χ0) is 13.8. The van der Waals surface area contributed by atoms with Crippen LogP contribution in [0.3, 0.4) is 0 Å². The van der Waals surface area contributed by atoms with Gasteiger partial charge in [-0.15, -0.1) is 0 Å². The fourth-order valence-electron chi connectivity index (χ4n) is 2.25. The van der Waals surface area contributed by atoms with E-state index in [0.29, 0.717) is 12.2 Å². The Morgan fingerprint density at radius 2 is 2.21 bits per heavy atom. The van der Waals surface area contributed by atoms with Crippen LogP contribution in [0.1, 0.15) is 28.8 Å². The van der Waals surface area contributed by atoms with E-state index in [4.69, 9.17) is 5.11 Å². The van der Waals surface area contributed by atoms with Crippen LogP contribution in [-0.4, -0.2) is 30.1 Å². The topological polar surface area (TPSA) is 78.4 Å². The summed E-state index contributed by atoms with van der Waals surface area (Å²) < 4.78 is 0. The molecule has 1 fully saturated rings. The van der Waals surface area contributed by atoms with Crippen LogP contribution >= 0.6 is 0 Å². The number of carbonyl (C=O) groups excluding carboxylic acids is 1. The van der Waals surface area contributed by atoms with Crippen molar-refractivity contribution in [2.24, 2.45) is 5.92 Å². The number of rotatable bonds is 3. The lowest BCUT2D eigenvalue weighted by Crippen LogP contribution is -2.37. The number of anilines is 1. The molecule has 1 atom stereocenters. The number of carbonyl (C=O) groups is 2.